The minimum Gasteiger partial charge on any atom is -0.449 e. The van der Waals surface area contributed by atoms with E-state index in [0.29, 0.717) is 24.5 Å². The summed E-state index contributed by atoms with van der Waals surface area (Å²) in [6.45, 7) is 5.05. The molecule has 3 heterocycles. The minimum atomic E-state index is -0.282. The third kappa shape index (κ3) is 3.95. The lowest BCUT2D eigenvalue weighted by Crippen LogP contribution is -2.55. The fraction of sp³-hybridized carbons (Fsp3) is 0.450. The van der Waals surface area contributed by atoms with Crippen molar-refractivity contribution in [2.24, 2.45) is 0 Å². The molecule has 1 aliphatic heterocycles. The van der Waals surface area contributed by atoms with Gasteiger partial charge in [-0.1, -0.05) is 19.4 Å². The minimum absolute atomic E-state index is 0.0902. The van der Waals surface area contributed by atoms with E-state index in [1.165, 1.54) is 0 Å². The van der Waals surface area contributed by atoms with Crippen molar-refractivity contribution in [3.05, 3.63) is 42.3 Å². The van der Waals surface area contributed by atoms with Crippen LogP contribution >= 0.6 is 0 Å². The first-order valence-corrected chi connectivity index (χ1v) is 9.12. The van der Waals surface area contributed by atoms with Crippen LogP contribution in [0, 0.1) is 0 Å². The molecule has 2 amide bonds. The molecule has 0 aromatic carbocycles. The first kappa shape index (κ1) is 18.2. The van der Waals surface area contributed by atoms with Crippen molar-refractivity contribution < 1.29 is 14.0 Å². The Balaban J connectivity index is 1.71. The predicted molar refractivity (Wildman–Crippen MR) is 98.5 cm³/mol. The van der Waals surface area contributed by atoms with Gasteiger partial charge in [0.05, 0.1) is 0 Å². The summed E-state index contributed by atoms with van der Waals surface area (Å²) in [4.78, 5) is 30.4. The van der Waals surface area contributed by atoms with Crippen LogP contribution in [0.2, 0.25) is 0 Å². The topological polar surface area (TPSA) is 75.4 Å². The Hall–Kier alpha value is -2.63. The average molecular weight is 355 g/mol. The fourth-order valence-electron chi connectivity index (χ4n) is 3.57. The molecule has 0 radical (unpaired) electrons. The quantitative estimate of drug-likeness (QED) is 0.893. The molecule has 0 spiro atoms. The van der Waals surface area contributed by atoms with Gasteiger partial charge in [0.2, 0.25) is 5.91 Å². The monoisotopic (exact) mass is 355 g/mol. The lowest BCUT2D eigenvalue weighted by atomic mass is 9.83. The van der Waals surface area contributed by atoms with Gasteiger partial charge in [-0.3, -0.25) is 14.6 Å². The number of amides is 2. The summed E-state index contributed by atoms with van der Waals surface area (Å²) >= 11 is 0. The van der Waals surface area contributed by atoms with Crippen molar-refractivity contribution in [1.29, 1.82) is 0 Å². The SMILES string of the molecule is CCCC1(NC(=O)c2ccc(-c3ccccn3)o2)CCN(C(C)=O)CC1. The van der Waals surface area contributed by atoms with Crippen molar-refractivity contribution >= 4 is 11.8 Å². The Bertz CT molecular complexity index is 762. The highest BCUT2D eigenvalue weighted by molar-refractivity contribution is 5.92. The molecule has 1 aliphatic rings. The largest absolute Gasteiger partial charge is 0.449 e. The molecule has 26 heavy (non-hydrogen) atoms. The summed E-state index contributed by atoms with van der Waals surface area (Å²) in [6.07, 6.45) is 5.08. The fourth-order valence-corrected chi connectivity index (χ4v) is 3.57. The van der Waals surface area contributed by atoms with E-state index in [4.69, 9.17) is 4.42 Å². The summed E-state index contributed by atoms with van der Waals surface area (Å²) in [6, 6.07) is 9.01. The van der Waals surface area contributed by atoms with Crippen LogP contribution in [-0.4, -0.2) is 40.3 Å². The van der Waals surface area contributed by atoms with E-state index in [1.54, 1.807) is 25.3 Å². The second-order valence-electron chi connectivity index (χ2n) is 6.87. The number of nitrogens with one attached hydrogen (secondary N) is 1. The van der Waals surface area contributed by atoms with Crippen LogP contribution in [0.5, 0.6) is 0 Å². The molecular formula is C20H25N3O3. The first-order chi connectivity index (χ1) is 12.5. The number of rotatable bonds is 5. The van der Waals surface area contributed by atoms with E-state index in [2.05, 4.69) is 17.2 Å². The Morgan fingerprint density at radius 2 is 2.00 bits per heavy atom. The van der Waals surface area contributed by atoms with E-state index in [-0.39, 0.29) is 23.1 Å². The highest BCUT2D eigenvalue weighted by Crippen LogP contribution is 2.28. The lowest BCUT2D eigenvalue weighted by Gasteiger charge is -2.42. The zero-order valence-corrected chi connectivity index (χ0v) is 15.3. The third-order valence-electron chi connectivity index (χ3n) is 5.02. The van der Waals surface area contributed by atoms with Gasteiger partial charge in [0.1, 0.15) is 5.69 Å². The number of hydrogen-bond acceptors (Lipinski definition) is 4. The molecule has 1 N–H and O–H groups in total. The normalized spacial score (nSPS) is 16.3. The average Bonchev–Trinajstić information content (AvgIpc) is 3.13. The van der Waals surface area contributed by atoms with Crippen LogP contribution in [0.4, 0.5) is 0 Å². The number of aromatic nitrogens is 1. The Labute approximate surface area is 153 Å². The second kappa shape index (κ2) is 7.72. The number of carbonyl (C=O) groups excluding carboxylic acids is 2. The molecule has 1 saturated heterocycles. The van der Waals surface area contributed by atoms with Crippen LogP contribution in [0.15, 0.2) is 40.9 Å². The number of furan rings is 1. The van der Waals surface area contributed by atoms with Crippen LogP contribution in [-0.2, 0) is 4.79 Å². The van der Waals surface area contributed by atoms with E-state index in [9.17, 15) is 9.59 Å². The molecule has 0 saturated carbocycles. The molecule has 0 unspecified atom stereocenters. The molecule has 138 valence electrons. The van der Waals surface area contributed by atoms with Gasteiger partial charge in [-0.15, -0.1) is 0 Å². The molecule has 6 nitrogen and oxygen atoms in total. The molecule has 0 bridgehead atoms. The van der Waals surface area contributed by atoms with Gasteiger partial charge >= 0.3 is 0 Å². The van der Waals surface area contributed by atoms with Gasteiger partial charge < -0.3 is 14.6 Å². The number of carbonyl (C=O) groups is 2. The number of likely N-dealkylation sites (tertiary alicyclic amines) is 1. The van der Waals surface area contributed by atoms with Gasteiger partial charge in [0.15, 0.2) is 11.5 Å². The van der Waals surface area contributed by atoms with Crippen molar-refractivity contribution in [2.75, 3.05) is 13.1 Å². The Kier molecular flexibility index (Phi) is 5.40. The zero-order chi connectivity index (χ0) is 18.6. The smallest absolute Gasteiger partial charge is 0.287 e. The van der Waals surface area contributed by atoms with Gasteiger partial charge in [0.25, 0.3) is 5.91 Å². The molecule has 2 aromatic rings. The molecule has 3 rings (SSSR count). The second-order valence-corrected chi connectivity index (χ2v) is 6.87. The highest BCUT2D eigenvalue weighted by atomic mass is 16.4. The van der Waals surface area contributed by atoms with Gasteiger partial charge in [0, 0.05) is 31.7 Å². The first-order valence-electron chi connectivity index (χ1n) is 9.12. The molecule has 6 heteroatoms. The number of piperidine rings is 1. The van der Waals surface area contributed by atoms with Gasteiger partial charge in [-0.05, 0) is 43.5 Å². The maximum absolute atomic E-state index is 12.7. The third-order valence-corrected chi connectivity index (χ3v) is 5.02. The van der Waals surface area contributed by atoms with Crippen molar-refractivity contribution in [1.82, 2.24) is 15.2 Å². The van der Waals surface area contributed by atoms with E-state index >= 15 is 0 Å². The summed E-state index contributed by atoms with van der Waals surface area (Å²) in [5.74, 6) is 0.742. The summed E-state index contributed by atoms with van der Waals surface area (Å²) in [5.41, 5.74) is 0.417. The van der Waals surface area contributed by atoms with Crippen LogP contribution < -0.4 is 5.32 Å². The molecule has 0 atom stereocenters. The Morgan fingerprint density at radius 1 is 1.23 bits per heavy atom. The van der Waals surface area contributed by atoms with Crippen molar-refractivity contribution in [2.45, 2.75) is 45.1 Å². The van der Waals surface area contributed by atoms with E-state index in [0.717, 1.165) is 25.7 Å². The van der Waals surface area contributed by atoms with Gasteiger partial charge in [-0.2, -0.15) is 0 Å². The molecular weight excluding hydrogens is 330 g/mol. The summed E-state index contributed by atoms with van der Waals surface area (Å²) in [7, 11) is 0. The predicted octanol–water partition coefficient (Wildman–Crippen LogP) is 3.25. The molecule has 2 aromatic heterocycles. The number of pyridine rings is 1. The Morgan fingerprint density at radius 3 is 2.62 bits per heavy atom. The molecule has 0 aliphatic carbocycles. The van der Waals surface area contributed by atoms with E-state index < -0.39 is 0 Å². The maximum Gasteiger partial charge on any atom is 0.287 e. The molecule has 1 fully saturated rings. The summed E-state index contributed by atoms with van der Waals surface area (Å²) < 4.78 is 5.72. The van der Waals surface area contributed by atoms with Crippen LogP contribution in [0.1, 0.15) is 50.1 Å². The highest BCUT2D eigenvalue weighted by Gasteiger charge is 2.36. The van der Waals surface area contributed by atoms with Crippen LogP contribution in [0.3, 0.4) is 0 Å². The van der Waals surface area contributed by atoms with E-state index in [1.807, 2.05) is 23.1 Å². The summed E-state index contributed by atoms with van der Waals surface area (Å²) in [5, 5.41) is 3.18. The lowest BCUT2D eigenvalue weighted by molar-refractivity contribution is -0.130. The maximum atomic E-state index is 12.7. The van der Waals surface area contributed by atoms with Crippen LogP contribution in [0.25, 0.3) is 11.5 Å². The standard InChI is InChI=1S/C20H25N3O3/c1-3-9-20(10-13-23(14-11-20)15(2)24)22-19(25)18-8-7-17(26-18)16-6-4-5-12-21-16/h4-8,12H,3,9-11,13-14H2,1-2H3,(H,22,25). The van der Waals surface area contributed by atoms with Gasteiger partial charge in [-0.25, -0.2) is 0 Å². The number of nitrogens with zero attached hydrogens (tertiary/aromatic N) is 2. The number of hydrogen-bond donors (Lipinski definition) is 1. The zero-order valence-electron chi connectivity index (χ0n) is 15.3. The van der Waals surface area contributed by atoms with Crippen molar-refractivity contribution in [3.8, 4) is 11.5 Å². The van der Waals surface area contributed by atoms with Crippen molar-refractivity contribution in [3.63, 3.8) is 0 Å².